The van der Waals surface area contributed by atoms with Crippen LogP contribution in [0.1, 0.15) is 11.1 Å². The van der Waals surface area contributed by atoms with Gasteiger partial charge < -0.3 is 15.2 Å². The van der Waals surface area contributed by atoms with Gasteiger partial charge in [0.1, 0.15) is 18.5 Å². The summed E-state index contributed by atoms with van der Waals surface area (Å²) in [5.41, 5.74) is 0.901. The Balaban J connectivity index is 1.95. The van der Waals surface area contributed by atoms with Gasteiger partial charge in [-0.2, -0.15) is 0 Å². The molecule has 0 aliphatic rings. The second kappa shape index (κ2) is 8.31. The summed E-state index contributed by atoms with van der Waals surface area (Å²) in [7, 11) is 0. The highest BCUT2D eigenvalue weighted by atomic mass is 35.5. The van der Waals surface area contributed by atoms with Gasteiger partial charge in [-0.25, -0.2) is 14.0 Å². The quantitative estimate of drug-likeness (QED) is 0.836. The second-order valence-corrected chi connectivity index (χ2v) is 5.47. The van der Waals surface area contributed by atoms with E-state index in [1.165, 1.54) is 12.1 Å². The normalized spacial score (nSPS) is 11.6. The van der Waals surface area contributed by atoms with Crippen LogP contribution in [0.2, 0.25) is 5.02 Å². The van der Waals surface area contributed by atoms with Gasteiger partial charge in [0.25, 0.3) is 0 Å². The molecule has 1 amide bonds. The van der Waals surface area contributed by atoms with E-state index in [4.69, 9.17) is 16.3 Å². The van der Waals surface area contributed by atoms with Crippen molar-refractivity contribution < 1.29 is 23.8 Å². The van der Waals surface area contributed by atoms with Crippen LogP contribution in [0.4, 0.5) is 9.18 Å². The maximum atomic E-state index is 13.8. The molecule has 126 valence electrons. The van der Waals surface area contributed by atoms with E-state index in [9.17, 15) is 19.1 Å². The Kier molecular flexibility index (Phi) is 6.14. The van der Waals surface area contributed by atoms with Crippen molar-refractivity contribution in [3.63, 3.8) is 0 Å². The Morgan fingerprint density at radius 1 is 1.21 bits per heavy atom. The molecule has 2 N–H and O–H groups in total. The van der Waals surface area contributed by atoms with Crippen LogP contribution in [0.5, 0.6) is 0 Å². The van der Waals surface area contributed by atoms with E-state index < -0.39 is 23.9 Å². The third-order valence-corrected chi connectivity index (χ3v) is 3.48. The van der Waals surface area contributed by atoms with Crippen LogP contribution in [-0.2, 0) is 22.6 Å². The number of aliphatic carboxylic acids is 1. The van der Waals surface area contributed by atoms with Gasteiger partial charge in [-0.15, -0.1) is 0 Å². The SMILES string of the molecule is O=C(NC(Cc1ccc(Cl)cc1F)C(=O)O)OCc1ccccc1. The molecule has 0 spiro atoms. The number of ether oxygens (including phenoxy) is 1. The van der Waals surface area contributed by atoms with Crippen LogP contribution < -0.4 is 5.32 Å². The standard InChI is InChI=1S/C17H15ClFNO4/c18-13-7-6-12(14(19)9-13)8-15(16(21)22)20-17(23)24-10-11-4-2-1-3-5-11/h1-7,9,15H,8,10H2,(H,20,23)(H,21,22). The van der Waals surface area contributed by atoms with Crippen LogP contribution >= 0.6 is 11.6 Å². The topological polar surface area (TPSA) is 75.6 Å². The fourth-order valence-corrected chi connectivity index (χ4v) is 2.17. The van der Waals surface area contributed by atoms with Crippen molar-refractivity contribution >= 4 is 23.7 Å². The highest BCUT2D eigenvalue weighted by Gasteiger charge is 2.22. The molecule has 0 bridgehead atoms. The molecule has 0 heterocycles. The van der Waals surface area contributed by atoms with Gasteiger partial charge in [-0.3, -0.25) is 0 Å². The number of alkyl carbamates (subject to hydrolysis) is 1. The average Bonchev–Trinajstić information content (AvgIpc) is 2.55. The molecule has 0 aliphatic carbocycles. The fraction of sp³-hybridized carbons (Fsp3) is 0.176. The first kappa shape index (κ1) is 17.7. The summed E-state index contributed by atoms with van der Waals surface area (Å²) in [5.74, 6) is -1.92. The number of carbonyl (C=O) groups is 2. The Morgan fingerprint density at radius 3 is 2.54 bits per heavy atom. The molecule has 2 aromatic carbocycles. The van der Waals surface area contributed by atoms with Gasteiger partial charge >= 0.3 is 12.1 Å². The predicted molar refractivity (Wildman–Crippen MR) is 86.3 cm³/mol. The van der Waals surface area contributed by atoms with Gasteiger partial charge in [0.05, 0.1) is 0 Å². The molecule has 0 aromatic heterocycles. The molecule has 0 saturated heterocycles. The lowest BCUT2D eigenvalue weighted by Crippen LogP contribution is -2.42. The molecule has 2 aromatic rings. The van der Waals surface area contributed by atoms with E-state index in [0.29, 0.717) is 0 Å². The maximum Gasteiger partial charge on any atom is 0.408 e. The van der Waals surface area contributed by atoms with Crippen LogP contribution in [-0.4, -0.2) is 23.2 Å². The van der Waals surface area contributed by atoms with E-state index in [1.54, 1.807) is 24.3 Å². The first-order valence-corrected chi connectivity index (χ1v) is 7.47. The predicted octanol–water partition coefficient (Wildman–Crippen LogP) is 3.40. The van der Waals surface area contributed by atoms with Crippen molar-refractivity contribution in [3.05, 3.63) is 70.5 Å². The van der Waals surface area contributed by atoms with Gasteiger partial charge in [-0.1, -0.05) is 48.0 Å². The van der Waals surface area contributed by atoms with Crippen molar-refractivity contribution in [3.8, 4) is 0 Å². The molecule has 5 nitrogen and oxygen atoms in total. The maximum absolute atomic E-state index is 13.8. The van der Waals surface area contributed by atoms with Gasteiger partial charge in [-0.05, 0) is 23.3 Å². The second-order valence-electron chi connectivity index (χ2n) is 5.04. The van der Waals surface area contributed by atoms with Crippen LogP contribution in [0, 0.1) is 5.82 Å². The number of hydrogen-bond acceptors (Lipinski definition) is 3. The van der Waals surface area contributed by atoms with Crippen molar-refractivity contribution in [1.82, 2.24) is 5.32 Å². The largest absolute Gasteiger partial charge is 0.480 e. The van der Waals surface area contributed by atoms with E-state index in [2.05, 4.69) is 5.32 Å². The Bertz CT molecular complexity index is 724. The summed E-state index contributed by atoms with van der Waals surface area (Å²) in [4.78, 5) is 23.0. The molecule has 0 radical (unpaired) electrons. The third-order valence-electron chi connectivity index (χ3n) is 3.24. The summed E-state index contributed by atoms with van der Waals surface area (Å²) >= 11 is 5.65. The summed E-state index contributed by atoms with van der Waals surface area (Å²) in [6.07, 6.45) is -1.11. The molecule has 0 aliphatic heterocycles. The summed E-state index contributed by atoms with van der Waals surface area (Å²) in [6.45, 7) is 0.00825. The minimum absolute atomic E-state index is 0.00825. The van der Waals surface area contributed by atoms with Crippen molar-refractivity contribution in [1.29, 1.82) is 0 Å². The third kappa shape index (κ3) is 5.24. The lowest BCUT2D eigenvalue weighted by molar-refractivity contribution is -0.139. The minimum atomic E-state index is -1.32. The monoisotopic (exact) mass is 351 g/mol. The first-order valence-electron chi connectivity index (χ1n) is 7.09. The van der Waals surface area contributed by atoms with Crippen LogP contribution in [0.3, 0.4) is 0 Å². The molecule has 1 unspecified atom stereocenters. The minimum Gasteiger partial charge on any atom is -0.480 e. The van der Waals surface area contributed by atoms with Crippen molar-refractivity contribution in [2.24, 2.45) is 0 Å². The number of carboxylic acids is 1. The van der Waals surface area contributed by atoms with E-state index in [0.717, 1.165) is 11.6 Å². The Labute approximate surface area is 143 Å². The Morgan fingerprint density at radius 2 is 1.92 bits per heavy atom. The summed E-state index contributed by atoms with van der Waals surface area (Å²) in [5, 5.41) is 11.6. The number of halogens is 2. The molecule has 7 heteroatoms. The Hall–Kier alpha value is -2.60. The molecule has 0 fully saturated rings. The molecule has 24 heavy (non-hydrogen) atoms. The van der Waals surface area contributed by atoms with Crippen molar-refractivity contribution in [2.75, 3.05) is 0 Å². The van der Waals surface area contributed by atoms with Crippen LogP contribution in [0.25, 0.3) is 0 Å². The van der Waals surface area contributed by atoms with E-state index in [-0.39, 0.29) is 23.6 Å². The van der Waals surface area contributed by atoms with Gasteiger partial charge in [0, 0.05) is 11.4 Å². The number of rotatable bonds is 6. The zero-order valence-corrected chi connectivity index (χ0v) is 13.3. The zero-order valence-electron chi connectivity index (χ0n) is 12.5. The average molecular weight is 352 g/mol. The molecular formula is C17H15ClFNO4. The number of carbonyl (C=O) groups excluding carboxylic acids is 1. The summed E-state index contributed by atoms with van der Waals surface area (Å²) < 4.78 is 18.7. The van der Waals surface area contributed by atoms with Gasteiger partial charge in [0.2, 0.25) is 0 Å². The molecule has 0 saturated carbocycles. The highest BCUT2D eigenvalue weighted by Crippen LogP contribution is 2.16. The summed E-state index contributed by atoms with van der Waals surface area (Å²) in [6, 6.07) is 11.5. The molecule has 1 atom stereocenters. The fourth-order valence-electron chi connectivity index (χ4n) is 2.01. The molecular weight excluding hydrogens is 337 g/mol. The number of amides is 1. The first-order chi connectivity index (χ1) is 11.5. The number of carboxylic acid groups (broad SMARTS) is 1. The molecule has 2 rings (SSSR count). The lowest BCUT2D eigenvalue weighted by Gasteiger charge is -2.15. The van der Waals surface area contributed by atoms with Gasteiger partial charge in [0.15, 0.2) is 0 Å². The lowest BCUT2D eigenvalue weighted by atomic mass is 10.1. The van der Waals surface area contributed by atoms with E-state index >= 15 is 0 Å². The smallest absolute Gasteiger partial charge is 0.408 e. The van der Waals surface area contributed by atoms with Crippen molar-refractivity contribution in [2.45, 2.75) is 19.1 Å². The number of hydrogen-bond donors (Lipinski definition) is 2. The number of nitrogens with one attached hydrogen (secondary N) is 1. The highest BCUT2D eigenvalue weighted by molar-refractivity contribution is 6.30. The van der Waals surface area contributed by atoms with E-state index in [1.807, 2.05) is 6.07 Å². The number of benzene rings is 2. The zero-order chi connectivity index (χ0) is 17.5. The van der Waals surface area contributed by atoms with Crippen LogP contribution in [0.15, 0.2) is 48.5 Å².